The van der Waals surface area contributed by atoms with E-state index in [4.69, 9.17) is 0 Å². The Morgan fingerprint density at radius 1 is 0.371 bits per heavy atom. The minimum absolute atomic E-state index is 0.128. The standard InChI is InChI=1S/C33H42P2/c1-32(2,3)34(28-19-11-7-12-20-28,29-21-13-8-14-22-29)27-35(33(4,5)6,30-23-15-9-16-24-30)31-25-17-10-18-26-31/h7-26,34-35H,27H2,1-6H3. The molecular weight excluding hydrogens is 458 g/mol. The molecule has 2 heteroatoms. The van der Waals surface area contributed by atoms with Crippen LogP contribution in [0.2, 0.25) is 0 Å². The van der Waals surface area contributed by atoms with Crippen LogP contribution in [0.3, 0.4) is 0 Å². The van der Waals surface area contributed by atoms with Crippen molar-refractivity contribution in [3.05, 3.63) is 121 Å². The SMILES string of the molecule is CC(C)(C)[PH](C[PH](c1ccccc1)(c1ccccc1)C(C)(C)C)(c1ccccc1)c1ccccc1. The molecule has 0 nitrogen and oxygen atoms in total. The molecule has 0 atom stereocenters. The Labute approximate surface area is 214 Å². The van der Waals surface area contributed by atoms with E-state index in [0.29, 0.717) is 0 Å². The van der Waals surface area contributed by atoms with Gasteiger partial charge < -0.3 is 0 Å². The van der Waals surface area contributed by atoms with Gasteiger partial charge in [0.1, 0.15) is 0 Å². The van der Waals surface area contributed by atoms with Gasteiger partial charge in [0.15, 0.2) is 0 Å². The topological polar surface area (TPSA) is 0 Å². The van der Waals surface area contributed by atoms with Gasteiger partial charge in [-0.2, -0.15) is 0 Å². The molecule has 0 bridgehead atoms. The summed E-state index contributed by atoms with van der Waals surface area (Å²) in [6.45, 7) is 15.0. The van der Waals surface area contributed by atoms with Gasteiger partial charge in [0.05, 0.1) is 0 Å². The van der Waals surface area contributed by atoms with Crippen molar-refractivity contribution in [3.63, 3.8) is 0 Å². The van der Waals surface area contributed by atoms with Crippen LogP contribution in [0.25, 0.3) is 0 Å². The summed E-state index contributed by atoms with van der Waals surface area (Å²) in [5.41, 5.74) is 0. The van der Waals surface area contributed by atoms with Crippen molar-refractivity contribution in [2.24, 2.45) is 0 Å². The number of hydrogen-bond donors (Lipinski definition) is 0. The molecule has 0 heterocycles. The molecule has 0 unspecified atom stereocenters. The van der Waals surface area contributed by atoms with Crippen molar-refractivity contribution in [2.75, 3.05) is 5.90 Å². The fourth-order valence-electron chi connectivity index (χ4n) is 6.29. The fraction of sp³-hybridized carbons (Fsp3) is 0.273. The maximum atomic E-state index is 2.50. The van der Waals surface area contributed by atoms with Gasteiger partial charge in [0, 0.05) is 0 Å². The molecule has 0 aliphatic rings. The molecule has 4 aromatic carbocycles. The van der Waals surface area contributed by atoms with Gasteiger partial charge in [-0.1, -0.05) is 0 Å². The fourth-order valence-corrected chi connectivity index (χ4v) is 24.2. The quantitative estimate of drug-likeness (QED) is 0.243. The third kappa shape index (κ3) is 4.65. The van der Waals surface area contributed by atoms with Gasteiger partial charge in [-0.05, 0) is 0 Å². The van der Waals surface area contributed by atoms with Gasteiger partial charge >= 0.3 is 215 Å². The van der Waals surface area contributed by atoms with Crippen LogP contribution in [0.4, 0.5) is 0 Å². The first-order valence-corrected chi connectivity index (χ1v) is 17.3. The summed E-state index contributed by atoms with van der Waals surface area (Å²) in [5.74, 6) is 1.23. The van der Waals surface area contributed by atoms with E-state index in [1.807, 2.05) is 0 Å². The number of benzene rings is 4. The Bertz CT molecular complexity index is 1020. The van der Waals surface area contributed by atoms with E-state index in [9.17, 15) is 0 Å². The average molecular weight is 501 g/mol. The van der Waals surface area contributed by atoms with Crippen molar-refractivity contribution >= 4 is 35.7 Å². The van der Waals surface area contributed by atoms with E-state index in [2.05, 4.69) is 163 Å². The van der Waals surface area contributed by atoms with Crippen molar-refractivity contribution in [2.45, 2.75) is 51.9 Å². The molecule has 0 aliphatic heterocycles. The predicted octanol–water partition coefficient (Wildman–Crippen LogP) is 7.34. The summed E-state index contributed by atoms with van der Waals surface area (Å²) >= 11 is 0. The molecule has 0 aromatic heterocycles. The zero-order chi connectivity index (χ0) is 25.2. The first kappa shape index (κ1) is 25.8. The molecule has 0 spiro atoms. The second-order valence-corrected chi connectivity index (χ2v) is 22.3. The summed E-state index contributed by atoms with van der Waals surface area (Å²) in [6, 6.07) is 46.0. The summed E-state index contributed by atoms with van der Waals surface area (Å²) in [5, 5.41) is 6.45. The van der Waals surface area contributed by atoms with Crippen molar-refractivity contribution in [1.29, 1.82) is 0 Å². The molecule has 0 aliphatic carbocycles. The summed E-state index contributed by atoms with van der Waals surface area (Å²) < 4.78 is 0. The van der Waals surface area contributed by atoms with E-state index >= 15 is 0 Å². The van der Waals surface area contributed by atoms with Crippen molar-refractivity contribution in [1.82, 2.24) is 0 Å². The van der Waals surface area contributed by atoms with Crippen LogP contribution in [0.1, 0.15) is 41.5 Å². The van der Waals surface area contributed by atoms with E-state index in [1.54, 1.807) is 21.2 Å². The normalized spacial score (nSPS) is 13.9. The molecule has 4 rings (SSSR count). The molecule has 35 heavy (non-hydrogen) atoms. The van der Waals surface area contributed by atoms with Crippen LogP contribution < -0.4 is 21.2 Å². The molecule has 0 saturated heterocycles. The summed E-state index contributed by atoms with van der Waals surface area (Å²) in [4.78, 5) is 0. The third-order valence-corrected chi connectivity index (χ3v) is 22.8. The van der Waals surface area contributed by atoms with Crippen LogP contribution in [0, 0.1) is 0 Å². The van der Waals surface area contributed by atoms with Crippen molar-refractivity contribution < 1.29 is 0 Å². The molecule has 0 fully saturated rings. The number of hydrogen-bond acceptors (Lipinski definition) is 0. The van der Waals surface area contributed by atoms with Crippen LogP contribution >= 0.6 is 14.5 Å². The average Bonchev–Trinajstić information content (AvgIpc) is 2.85. The van der Waals surface area contributed by atoms with Crippen LogP contribution in [-0.2, 0) is 0 Å². The Morgan fingerprint density at radius 3 is 0.743 bits per heavy atom. The maximum absolute atomic E-state index is 2.50. The van der Waals surface area contributed by atoms with Crippen molar-refractivity contribution in [3.8, 4) is 0 Å². The van der Waals surface area contributed by atoms with Gasteiger partial charge in [-0.3, -0.25) is 0 Å². The Kier molecular flexibility index (Phi) is 7.38. The minimum atomic E-state index is -2.30. The Morgan fingerprint density at radius 2 is 0.571 bits per heavy atom. The predicted molar refractivity (Wildman–Crippen MR) is 165 cm³/mol. The van der Waals surface area contributed by atoms with E-state index in [0.717, 1.165) is 0 Å². The zero-order valence-corrected chi connectivity index (χ0v) is 24.3. The molecule has 184 valence electrons. The molecule has 0 amide bonds. The molecule has 0 radical (unpaired) electrons. The summed E-state index contributed by atoms with van der Waals surface area (Å²) in [6.07, 6.45) is 0. The molecule has 0 N–H and O–H groups in total. The van der Waals surface area contributed by atoms with Gasteiger partial charge in [-0.25, -0.2) is 0 Å². The number of rotatable bonds is 6. The van der Waals surface area contributed by atoms with E-state index in [1.165, 1.54) is 5.90 Å². The second-order valence-electron chi connectivity index (χ2n) is 12.0. The molecular formula is C33H42P2. The van der Waals surface area contributed by atoms with Gasteiger partial charge in [-0.15, -0.1) is 0 Å². The van der Waals surface area contributed by atoms with Gasteiger partial charge in [0.25, 0.3) is 0 Å². The Balaban J connectivity index is 2.15. The second kappa shape index (κ2) is 10.0. The van der Waals surface area contributed by atoms with Crippen LogP contribution in [0.15, 0.2) is 121 Å². The monoisotopic (exact) mass is 500 g/mol. The van der Waals surface area contributed by atoms with Crippen LogP contribution in [-0.4, -0.2) is 16.2 Å². The summed E-state index contributed by atoms with van der Waals surface area (Å²) in [7, 11) is -4.60. The zero-order valence-electron chi connectivity index (χ0n) is 22.3. The Hall–Kier alpha value is -2.26. The van der Waals surface area contributed by atoms with Crippen LogP contribution in [0.5, 0.6) is 0 Å². The van der Waals surface area contributed by atoms with E-state index in [-0.39, 0.29) is 10.3 Å². The third-order valence-electron chi connectivity index (χ3n) is 8.16. The van der Waals surface area contributed by atoms with E-state index < -0.39 is 14.5 Å². The molecule has 0 saturated carbocycles. The van der Waals surface area contributed by atoms with Gasteiger partial charge in [0.2, 0.25) is 0 Å². The first-order chi connectivity index (χ1) is 16.6. The first-order valence-electron chi connectivity index (χ1n) is 12.8. The molecule has 4 aromatic rings.